The van der Waals surface area contributed by atoms with Crippen LogP contribution in [0.5, 0.6) is 0 Å². The zero-order chi connectivity index (χ0) is 14.7. The Morgan fingerprint density at radius 3 is 2.65 bits per heavy atom. The first-order chi connectivity index (χ1) is 9.47. The lowest BCUT2D eigenvalue weighted by Gasteiger charge is -2.07. The number of hydrogen-bond acceptors (Lipinski definition) is 4. The maximum atomic E-state index is 13.1. The molecule has 0 heterocycles. The van der Waals surface area contributed by atoms with E-state index < -0.39 is 16.8 Å². The molecule has 0 saturated heterocycles. The normalized spacial score (nSPS) is 12.2. The summed E-state index contributed by atoms with van der Waals surface area (Å²) >= 11 is 1.11. The second kappa shape index (κ2) is 6.02. The Morgan fingerprint density at radius 2 is 2.05 bits per heavy atom. The van der Waals surface area contributed by atoms with Crippen LogP contribution in [0.25, 0.3) is 0 Å². The predicted molar refractivity (Wildman–Crippen MR) is 74.3 cm³/mol. The van der Waals surface area contributed by atoms with Crippen LogP contribution in [0.1, 0.15) is 18.6 Å². The quantitative estimate of drug-likeness (QED) is 0.685. The molecule has 6 heteroatoms. The summed E-state index contributed by atoms with van der Waals surface area (Å²) in [5.74, 6) is -0.391. The molecule has 0 saturated carbocycles. The first kappa shape index (κ1) is 14.5. The molecular formula is C14H12FNO3S. The fourth-order valence-corrected chi connectivity index (χ4v) is 2.63. The number of nitro groups is 1. The molecule has 20 heavy (non-hydrogen) atoms. The van der Waals surface area contributed by atoms with Crippen molar-refractivity contribution in [2.75, 3.05) is 0 Å². The van der Waals surface area contributed by atoms with Crippen molar-refractivity contribution in [1.82, 2.24) is 0 Å². The molecule has 1 atom stereocenters. The molecule has 4 nitrogen and oxygen atoms in total. The van der Waals surface area contributed by atoms with Gasteiger partial charge in [0.2, 0.25) is 0 Å². The molecular weight excluding hydrogens is 281 g/mol. The first-order valence-electron chi connectivity index (χ1n) is 5.87. The van der Waals surface area contributed by atoms with Crippen LogP contribution in [0.3, 0.4) is 0 Å². The van der Waals surface area contributed by atoms with Crippen molar-refractivity contribution in [3.63, 3.8) is 0 Å². The Morgan fingerprint density at radius 1 is 1.30 bits per heavy atom. The van der Waals surface area contributed by atoms with Crippen molar-refractivity contribution in [3.8, 4) is 0 Å². The topological polar surface area (TPSA) is 63.4 Å². The average molecular weight is 293 g/mol. The average Bonchev–Trinajstić information content (AvgIpc) is 2.38. The van der Waals surface area contributed by atoms with Gasteiger partial charge in [0.15, 0.2) is 0 Å². The summed E-state index contributed by atoms with van der Waals surface area (Å²) in [5.41, 5.74) is 0.373. The summed E-state index contributed by atoms with van der Waals surface area (Å²) in [6.45, 7) is 1.54. The first-order valence-corrected chi connectivity index (χ1v) is 6.69. The highest BCUT2D eigenvalue weighted by atomic mass is 32.2. The maximum Gasteiger partial charge on any atom is 0.283 e. The van der Waals surface area contributed by atoms with Gasteiger partial charge in [0.05, 0.1) is 15.9 Å². The third-order valence-electron chi connectivity index (χ3n) is 2.69. The highest BCUT2D eigenvalue weighted by molar-refractivity contribution is 7.99. The van der Waals surface area contributed by atoms with Crippen molar-refractivity contribution < 1.29 is 14.4 Å². The second-order valence-corrected chi connectivity index (χ2v) is 5.34. The van der Waals surface area contributed by atoms with Crippen LogP contribution in [0.15, 0.2) is 52.3 Å². The van der Waals surface area contributed by atoms with E-state index >= 15 is 0 Å². The second-order valence-electron chi connectivity index (χ2n) is 4.22. The van der Waals surface area contributed by atoms with Crippen LogP contribution in [0.4, 0.5) is 10.1 Å². The van der Waals surface area contributed by atoms with E-state index in [9.17, 15) is 19.6 Å². The molecule has 104 valence electrons. The Kier molecular flexibility index (Phi) is 4.36. The third kappa shape index (κ3) is 3.34. The molecule has 0 bridgehead atoms. The molecule has 0 amide bonds. The third-order valence-corrected chi connectivity index (χ3v) is 3.74. The summed E-state index contributed by atoms with van der Waals surface area (Å²) in [6.07, 6.45) is -0.776. The van der Waals surface area contributed by atoms with Gasteiger partial charge in [-0.25, -0.2) is 4.39 Å². The number of rotatable bonds is 4. The molecule has 0 radical (unpaired) electrons. The van der Waals surface area contributed by atoms with Gasteiger partial charge in [-0.15, -0.1) is 0 Å². The SMILES string of the molecule is C[C@H](O)c1ccc(Sc2cccc(F)c2)c([N+](=O)[O-])c1. The predicted octanol–water partition coefficient (Wildman–Crippen LogP) is 3.94. The van der Waals surface area contributed by atoms with Gasteiger partial charge in [-0.05, 0) is 36.8 Å². The van der Waals surface area contributed by atoms with Crippen molar-refractivity contribution in [1.29, 1.82) is 0 Å². The lowest BCUT2D eigenvalue weighted by Crippen LogP contribution is -1.96. The van der Waals surface area contributed by atoms with Crippen LogP contribution in [-0.4, -0.2) is 10.0 Å². The summed E-state index contributed by atoms with van der Waals surface area (Å²) < 4.78 is 13.1. The summed E-state index contributed by atoms with van der Waals surface area (Å²) in [7, 11) is 0. The lowest BCUT2D eigenvalue weighted by atomic mass is 10.1. The van der Waals surface area contributed by atoms with E-state index in [1.165, 1.54) is 18.2 Å². The Balaban J connectivity index is 2.38. The number of halogens is 1. The van der Waals surface area contributed by atoms with Crippen molar-refractivity contribution >= 4 is 17.4 Å². The maximum absolute atomic E-state index is 13.1. The molecule has 0 aliphatic carbocycles. The number of nitrogens with zero attached hydrogens (tertiary/aromatic N) is 1. The molecule has 0 unspecified atom stereocenters. The van der Waals surface area contributed by atoms with Gasteiger partial charge >= 0.3 is 0 Å². The minimum atomic E-state index is -0.776. The molecule has 2 aromatic rings. The van der Waals surface area contributed by atoms with Gasteiger partial charge in [0.1, 0.15) is 5.82 Å². The molecule has 0 fully saturated rings. The number of benzene rings is 2. The van der Waals surface area contributed by atoms with Gasteiger partial charge in [-0.1, -0.05) is 23.9 Å². The van der Waals surface area contributed by atoms with Gasteiger partial charge < -0.3 is 5.11 Å². The molecule has 1 N–H and O–H groups in total. The minimum Gasteiger partial charge on any atom is -0.389 e. The highest BCUT2D eigenvalue weighted by Gasteiger charge is 2.17. The molecule has 0 aliphatic heterocycles. The molecule has 2 aromatic carbocycles. The van der Waals surface area contributed by atoms with E-state index in [4.69, 9.17) is 0 Å². The zero-order valence-corrected chi connectivity index (χ0v) is 11.4. The summed E-state index contributed by atoms with van der Waals surface area (Å²) in [5, 5.41) is 20.6. The Hall–Kier alpha value is -1.92. The van der Waals surface area contributed by atoms with Crippen molar-refractivity contribution in [2.45, 2.75) is 22.8 Å². The van der Waals surface area contributed by atoms with Crippen LogP contribution in [0, 0.1) is 15.9 Å². The van der Waals surface area contributed by atoms with Gasteiger partial charge in [0, 0.05) is 11.0 Å². The fraction of sp³-hybridized carbons (Fsp3) is 0.143. The molecule has 0 spiro atoms. The van der Waals surface area contributed by atoms with E-state index in [0.29, 0.717) is 15.4 Å². The van der Waals surface area contributed by atoms with Crippen molar-refractivity contribution in [2.24, 2.45) is 0 Å². The number of aliphatic hydroxyl groups excluding tert-OH is 1. The van der Waals surface area contributed by atoms with Crippen LogP contribution < -0.4 is 0 Å². The summed E-state index contributed by atoms with van der Waals surface area (Å²) in [4.78, 5) is 11.6. The highest BCUT2D eigenvalue weighted by Crippen LogP contribution is 2.36. The monoisotopic (exact) mass is 293 g/mol. The smallest absolute Gasteiger partial charge is 0.283 e. The van der Waals surface area contributed by atoms with E-state index in [1.807, 2.05) is 0 Å². The standard InChI is InChI=1S/C14H12FNO3S/c1-9(17)10-5-6-14(13(7-10)16(18)19)20-12-4-2-3-11(15)8-12/h2-9,17H,1H3/t9-/m0/s1. The fourth-order valence-electron chi connectivity index (χ4n) is 1.68. The number of aliphatic hydroxyl groups is 1. The summed E-state index contributed by atoms with van der Waals surface area (Å²) in [6, 6.07) is 10.4. The van der Waals surface area contributed by atoms with Crippen LogP contribution in [0.2, 0.25) is 0 Å². The van der Waals surface area contributed by atoms with E-state index in [-0.39, 0.29) is 5.69 Å². The van der Waals surface area contributed by atoms with Gasteiger partial charge in [-0.2, -0.15) is 0 Å². The number of hydrogen-bond donors (Lipinski definition) is 1. The van der Waals surface area contributed by atoms with E-state index in [0.717, 1.165) is 11.8 Å². The Bertz CT molecular complexity index is 646. The zero-order valence-electron chi connectivity index (χ0n) is 10.6. The van der Waals surface area contributed by atoms with Crippen molar-refractivity contribution in [3.05, 3.63) is 64.0 Å². The molecule has 2 rings (SSSR count). The van der Waals surface area contributed by atoms with Gasteiger partial charge in [-0.3, -0.25) is 10.1 Å². The lowest BCUT2D eigenvalue weighted by molar-refractivity contribution is -0.387. The Labute approximate surface area is 119 Å². The minimum absolute atomic E-state index is 0.0994. The van der Waals surface area contributed by atoms with E-state index in [1.54, 1.807) is 31.2 Å². The number of nitro benzene ring substituents is 1. The largest absolute Gasteiger partial charge is 0.389 e. The van der Waals surface area contributed by atoms with E-state index in [2.05, 4.69) is 0 Å². The molecule has 0 aliphatic rings. The van der Waals surface area contributed by atoms with Crippen LogP contribution in [-0.2, 0) is 0 Å². The van der Waals surface area contributed by atoms with Gasteiger partial charge in [0.25, 0.3) is 5.69 Å². The van der Waals surface area contributed by atoms with Crippen LogP contribution >= 0.6 is 11.8 Å². The molecule has 0 aromatic heterocycles.